The summed E-state index contributed by atoms with van der Waals surface area (Å²) in [4.78, 5) is 14.9. The molecule has 0 radical (unpaired) electrons. The predicted octanol–water partition coefficient (Wildman–Crippen LogP) is 3.32. The number of carboxylic acids is 1. The van der Waals surface area contributed by atoms with Gasteiger partial charge in [0.15, 0.2) is 5.69 Å². The molecule has 2 aromatic heterocycles. The maximum atomic E-state index is 10.9. The van der Waals surface area contributed by atoms with E-state index in [1.807, 2.05) is 16.7 Å². The van der Waals surface area contributed by atoms with E-state index in [0.29, 0.717) is 0 Å². The lowest BCUT2D eigenvalue weighted by molar-refractivity contribution is 0.0690. The summed E-state index contributed by atoms with van der Waals surface area (Å²) < 4.78 is 1.83. The van der Waals surface area contributed by atoms with Crippen molar-refractivity contribution in [1.82, 2.24) is 9.38 Å². The van der Waals surface area contributed by atoms with Crippen molar-refractivity contribution < 1.29 is 9.90 Å². The monoisotopic (exact) mass is 266 g/mol. The molecule has 4 nitrogen and oxygen atoms in total. The van der Waals surface area contributed by atoms with Crippen LogP contribution in [0.1, 0.15) is 21.6 Å². The molecule has 0 atom stereocenters. The molecular weight excluding hydrogens is 252 g/mol. The van der Waals surface area contributed by atoms with Crippen LogP contribution in [0.4, 0.5) is 0 Å². The number of nitrogens with zero attached hydrogens (tertiary/aromatic N) is 2. The van der Waals surface area contributed by atoms with E-state index in [-0.39, 0.29) is 5.69 Å². The molecule has 4 heteroatoms. The summed E-state index contributed by atoms with van der Waals surface area (Å²) in [7, 11) is 0. The number of aromatic nitrogens is 2. The Morgan fingerprint density at radius 1 is 1.20 bits per heavy atom. The average molecular weight is 266 g/mol. The van der Waals surface area contributed by atoms with Crippen molar-refractivity contribution in [3.8, 4) is 11.1 Å². The molecule has 0 aliphatic rings. The largest absolute Gasteiger partial charge is 0.477 e. The Kier molecular flexibility index (Phi) is 2.79. The highest BCUT2D eigenvalue weighted by atomic mass is 16.4. The van der Waals surface area contributed by atoms with Crippen molar-refractivity contribution in [1.29, 1.82) is 0 Å². The van der Waals surface area contributed by atoms with E-state index < -0.39 is 5.97 Å². The lowest BCUT2D eigenvalue weighted by atomic mass is 10.0. The molecular formula is C16H14N2O2. The number of benzene rings is 1. The summed E-state index contributed by atoms with van der Waals surface area (Å²) in [6, 6.07) is 9.86. The van der Waals surface area contributed by atoms with Gasteiger partial charge in [0.1, 0.15) is 6.33 Å². The molecule has 0 aliphatic heterocycles. The fourth-order valence-electron chi connectivity index (χ4n) is 2.42. The molecule has 0 fully saturated rings. The van der Waals surface area contributed by atoms with E-state index in [1.165, 1.54) is 17.5 Å². The van der Waals surface area contributed by atoms with Crippen molar-refractivity contribution >= 4 is 11.5 Å². The third-order valence-corrected chi connectivity index (χ3v) is 3.40. The SMILES string of the molecule is Cc1ccc(-c2cc3cc(C(=O)O)ncn3c2)c(C)c1. The quantitative estimate of drug-likeness (QED) is 0.774. The maximum Gasteiger partial charge on any atom is 0.354 e. The van der Waals surface area contributed by atoms with Crippen LogP contribution in [0.2, 0.25) is 0 Å². The van der Waals surface area contributed by atoms with Gasteiger partial charge in [0.2, 0.25) is 0 Å². The third kappa shape index (κ3) is 2.05. The molecule has 3 aromatic rings. The highest BCUT2D eigenvalue weighted by Crippen LogP contribution is 2.26. The zero-order valence-electron chi connectivity index (χ0n) is 11.3. The van der Waals surface area contributed by atoms with Gasteiger partial charge >= 0.3 is 5.97 Å². The molecule has 1 aromatic carbocycles. The van der Waals surface area contributed by atoms with E-state index >= 15 is 0 Å². The number of hydrogen-bond acceptors (Lipinski definition) is 2. The van der Waals surface area contributed by atoms with Crippen LogP contribution in [-0.4, -0.2) is 20.5 Å². The second kappa shape index (κ2) is 4.49. The Balaban J connectivity index is 2.15. The Morgan fingerprint density at radius 2 is 2.00 bits per heavy atom. The summed E-state index contributed by atoms with van der Waals surface area (Å²) in [5, 5.41) is 8.97. The molecule has 1 N–H and O–H groups in total. The number of aromatic carboxylic acids is 1. The molecule has 0 saturated heterocycles. The van der Waals surface area contributed by atoms with Gasteiger partial charge in [-0.2, -0.15) is 0 Å². The second-order valence-corrected chi connectivity index (χ2v) is 4.96. The normalized spacial score (nSPS) is 10.9. The second-order valence-electron chi connectivity index (χ2n) is 4.96. The smallest absolute Gasteiger partial charge is 0.354 e. The van der Waals surface area contributed by atoms with Crippen molar-refractivity contribution in [3.05, 3.63) is 59.7 Å². The highest BCUT2D eigenvalue weighted by Gasteiger charge is 2.09. The minimum absolute atomic E-state index is 0.0581. The van der Waals surface area contributed by atoms with E-state index in [0.717, 1.165) is 16.6 Å². The number of rotatable bonds is 2. The van der Waals surface area contributed by atoms with Crippen LogP contribution in [0.5, 0.6) is 0 Å². The summed E-state index contributed by atoms with van der Waals surface area (Å²) in [6.07, 6.45) is 3.50. The van der Waals surface area contributed by atoms with Gasteiger partial charge < -0.3 is 9.51 Å². The van der Waals surface area contributed by atoms with E-state index in [2.05, 4.69) is 37.0 Å². The van der Waals surface area contributed by atoms with Crippen molar-refractivity contribution in [3.63, 3.8) is 0 Å². The van der Waals surface area contributed by atoms with Gasteiger partial charge in [0, 0.05) is 17.3 Å². The summed E-state index contributed by atoms with van der Waals surface area (Å²) in [5.41, 5.74) is 5.52. The number of hydrogen-bond donors (Lipinski definition) is 1. The fraction of sp³-hybridized carbons (Fsp3) is 0.125. The Morgan fingerprint density at radius 3 is 2.70 bits per heavy atom. The Hall–Kier alpha value is -2.62. The number of carbonyl (C=O) groups is 1. The van der Waals surface area contributed by atoms with E-state index in [1.54, 1.807) is 6.07 Å². The van der Waals surface area contributed by atoms with Crippen molar-refractivity contribution in [2.45, 2.75) is 13.8 Å². The molecule has 0 unspecified atom stereocenters. The minimum atomic E-state index is -1.01. The zero-order valence-corrected chi connectivity index (χ0v) is 11.3. The first-order chi connectivity index (χ1) is 9.54. The first kappa shape index (κ1) is 12.4. The Labute approximate surface area is 116 Å². The molecule has 0 spiro atoms. The van der Waals surface area contributed by atoms with Gasteiger partial charge in [-0.15, -0.1) is 0 Å². The van der Waals surface area contributed by atoms with Gasteiger partial charge in [-0.25, -0.2) is 9.78 Å². The molecule has 20 heavy (non-hydrogen) atoms. The Bertz CT molecular complexity index is 818. The third-order valence-electron chi connectivity index (χ3n) is 3.40. The molecule has 2 heterocycles. The van der Waals surface area contributed by atoms with Crippen LogP contribution >= 0.6 is 0 Å². The topological polar surface area (TPSA) is 54.6 Å². The van der Waals surface area contributed by atoms with Crippen LogP contribution in [0, 0.1) is 13.8 Å². The fourth-order valence-corrected chi connectivity index (χ4v) is 2.42. The molecule has 3 rings (SSSR count). The predicted molar refractivity (Wildman–Crippen MR) is 77.1 cm³/mol. The molecule has 0 bridgehead atoms. The number of aryl methyl sites for hydroxylation is 2. The molecule has 0 aliphatic carbocycles. The van der Waals surface area contributed by atoms with Crippen LogP contribution in [0.3, 0.4) is 0 Å². The molecule has 0 saturated carbocycles. The molecule has 100 valence electrons. The van der Waals surface area contributed by atoms with E-state index in [4.69, 9.17) is 5.11 Å². The van der Waals surface area contributed by atoms with Gasteiger partial charge in [0.25, 0.3) is 0 Å². The van der Waals surface area contributed by atoms with Crippen molar-refractivity contribution in [2.24, 2.45) is 0 Å². The summed E-state index contributed by atoms with van der Waals surface area (Å²) in [6.45, 7) is 4.14. The molecule has 0 amide bonds. The van der Waals surface area contributed by atoms with Crippen LogP contribution < -0.4 is 0 Å². The van der Waals surface area contributed by atoms with Gasteiger partial charge in [-0.05, 0) is 37.1 Å². The van der Waals surface area contributed by atoms with Crippen LogP contribution in [0.25, 0.3) is 16.6 Å². The number of fused-ring (bicyclic) bond motifs is 1. The lowest BCUT2D eigenvalue weighted by Gasteiger charge is -2.04. The first-order valence-corrected chi connectivity index (χ1v) is 6.33. The minimum Gasteiger partial charge on any atom is -0.477 e. The average Bonchev–Trinajstić information content (AvgIpc) is 2.80. The van der Waals surface area contributed by atoms with E-state index in [9.17, 15) is 4.79 Å². The van der Waals surface area contributed by atoms with Crippen molar-refractivity contribution in [2.75, 3.05) is 0 Å². The number of carboxylic acid groups (broad SMARTS) is 1. The summed E-state index contributed by atoms with van der Waals surface area (Å²) >= 11 is 0. The maximum absolute atomic E-state index is 10.9. The van der Waals surface area contributed by atoms with Gasteiger partial charge in [-0.3, -0.25) is 0 Å². The highest BCUT2D eigenvalue weighted by molar-refractivity contribution is 5.87. The first-order valence-electron chi connectivity index (χ1n) is 6.33. The standard InChI is InChI=1S/C16H14N2O2/c1-10-3-4-14(11(2)5-10)12-6-13-7-15(16(19)20)17-9-18(13)8-12/h3-9H,1-2H3,(H,19,20). The van der Waals surface area contributed by atoms with Gasteiger partial charge in [-0.1, -0.05) is 23.8 Å². The van der Waals surface area contributed by atoms with Crippen LogP contribution in [-0.2, 0) is 0 Å². The van der Waals surface area contributed by atoms with Gasteiger partial charge in [0.05, 0.1) is 0 Å². The summed E-state index contributed by atoms with van der Waals surface area (Å²) in [5.74, 6) is -1.01. The van der Waals surface area contributed by atoms with Crippen LogP contribution in [0.15, 0.2) is 42.9 Å². The lowest BCUT2D eigenvalue weighted by Crippen LogP contribution is -2.00. The zero-order chi connectivity index (χ0) is 14.3.